The van der Waals surface area contributed by atoms with Gasteiger partial charge in [-0.25, -0.2) is 0 Å². The van der Waals surface area contributed by atoms with E-state index in [2.05, 4.69) is 20.7 Å². The van der Waals surface area contributed by atoms with Crippen molar-refractivity contribution in [2.24, 2.45) is 5.41 Å². The summed E-state index contributed by atoms with van der Waals surface area (Å²) < 4.78 is 280. The van der Waals surface area contributed by atoms with Crippen molar-refractivity contribution < 1.29 is 102 Å². The first-order valence-electron chi connectivity index (χ1n) is 12.2. The first-order chi connectivity index (χ1) is 20.9. The Morgan fingerprint density at radius 1 is 0.604 bits per heavy atom. The lowest BCUT2D eigenvalue weighted by Crippen LogP contribution is -2.77. The molecule has 0 spiro atoms. The fraction of sp³-hybridized carbons (Fsp3) is 0.708. The van der Waals surface area contributed by atoms with Crippen molar-refractivity contribution in [2.75, 3.05) is 13.2 Å². The van der Waals surface area contributed by atoms with Crippen LogP contribution in [0.2, 0.25) is 0 Å². The van der Waals surface area contributed by atoms with Gasteiger partial charge in [-0.2, -0.15) is 87.8 Å². The molecule has 0 aliphatic carbocycles. The highest BCUT2D eigenvalue weighted by Crippen LogP contribution is 2.66. The van der Waals surface area contributed by atoms with Crippen molar-refractivity contribution in [1.82, 2.24) is 0 Å². The van der Waals surface area contributed by atoms with Crippen LogP contribution in [0.15, 0.2) is 30.3 Å². The largest absolute Gasteiger partial charge is 0.459 e. The van der Waals surface area contributed by atoms with Crippen molar-refractivity contribution in [3.05, 3.63) is 35.9 Å². The molecule has 0 saturated carbocycles. The predicted octanol–water partition coefficient (Wildman–Crippen LogP) is 9.43. The zero-order valence-corrected chi connectivity index (χ0v) is 24.9. The Morgan fingerprint density at radius 2 is 0.917 bits per heavy atom. The highest BCUT2D eigenvalue weighted by molar-refractivity contribution is 9.09. The van der Waals surface area contributed by atoms with Gasteiger partial charge in [-0.3, -0.25) is 4.79 Å². The number of aliphatic hydroxyl groups is 1. The smallest absolute Gasteiger partial charge is 0.385 e. The highest BCUT2D eigenvalue weighted by atomic mass is 79.9. The highest BCUT2D eigenvalue weighted by Gasteiger charge is 2.97. The summed E-state index contributed by atoms with van der Waals surface area (Å²) in [7, 11) is 0. The summed E-state index contributed by atoms with van der Waals surface area (Å²) in [5.74, 6) is -86.0. The van der Waals surface area contributed by atoms with E-state index in [0.717, 1.165) is 13.8 Å². The van der Waals surface area contributed by atoms with E-state index in [4.69, 9.17) is 5.11 Å². The minimum absolute atomic E-state index is 0.406. The van der Waals surface area contributed by atoms with E-state index in [1.54, 1.807) is 0 Å². The zero-order chi connectivity index (χ0) is 38.6. The fourth-order valence-corrected chi connectivity index (χ4v) is 4.61. The molecular weight excluding hydrogens is 796 g/mol. The molecule has 1 atom stereocenters. The van der Waals surface area contributed by atoms with Crippen LogP contribution in [0, 0.1) is 5.41 Å². The van der Waals surface area contributed by atoms with Crippen LogP contribution in [-0.2, 0) is 9.53 Å². The molecule has 1 rings (SSSR count). The normalized spacial score (nSPS) is 16.2. The molecule has 3 nitrogen and oxygen atoms in total. The molecule has 280 valence electrons. The minimum atomic E-state index is -9.18. The van der Waals surface area contributed by atoms with Crippen LogP contribution < -0.4 is 0 Å². The fourth-order valence-electron chi connectivity index (χ4n) is 3.49. The number of hydrogen-bond donors (Lipinski definition) is 1. The third-order valence-electron chi connectivity index (χ3n) is 6.67. The second kappa shape index (κ2) is 12.8. The van der Waals surface area contributed by atoms with Gasteiger partial charge in [0.25, 0.3) is 0 Å². The number of benzene rings is 1. The molecule has 48 heavy (non-hydrogen) atoms. The molecule has 0 aliphatic rings. The van der Waals surface area contributed by atoms with Crippen LogP contribution in [0.4, 0.5) is 87.8 Å². The van der Waals surface area contributed by atoms with E-state index in [1.165, 1.54) is 30.3 Å². The van der Waals surface area contributed by atoms with Crippen molar-refractivity contribution in [3.63, 3.8) is 0 Å². The van der Waals surface area contributed by atoms with Crippen LogP contribution in [0.5, 0.6) is 0 Å². The summed E-state index contributed by atoms with van der Waals surface area (Å²) in [5, 5.41) is 7.98. The summed E-state index contributed by atoms with van der Waals surface area (Å²) >= 11 is 3.06. The van der Waals surface area contributed by atoms with Gasteiger partial charge in [0.1, 0.15) is 6.61 Å². The SMILES string of the molecule is CC(C)(CC(Br)c1ccccc1)C(=O)OCC(F)(F)C(F)(F)C(F)(F)C(F)(F)C(F)(F)C(F)(F)C(F)(F)C(F)(F)C(F)(F)C(F)(F)CO. The first-order valence-corrected chi connectivity index (χ1v) is 13.1. The number of halogens is 21. The lowest BCUT2D eigenvalue weighted by molar-refractivity contribution is -0.469. The molecule has 0 aromatic heterocycles. The molecule has 0 fully saturated rings. The predicted molar refractivity (Wildman–Crippen MR) is 124 cm³/mol. The van der Waals surface area contributed by atoms with Gasteiger partial charge < -0.3 is 9.84 Å². The topological polar surface area (TPSA) is 46.5 Å². The third kappa shape index (κ3) is 6.51. The monoisotopic (exact) mass is 814 g/mol. The molecule has 1 aromatic rings. The van der Waals surface area contributed by atoms with Gasteiger partial charge in [0.05, 0.1) is 5.41 Å². The molecule has 1 N–H and O–H groups in total. The van der Waals surface area contributed by atoms with E-state index >= 15 is 0 Å². The van der Waals surface area contributed by atoms with Crippen LogP contribution in [0.25, 0.3) is 0 Å². The Balaban J connectivity index is 3.49. The second-order valence-electron chi connectivity index (χ2n) is 10.7. The van der Waals surface area contributed by atoms with Crippen LogP contribution >= 0.6 is 15.9 Å². The lowest BCUT2D eigenvalue weighted by atomic mass is 9.85. The van der Waals surface area contributed by atoms with Crippen molar-refractivity contribution in [1.29, 1.82) is 0 Å². The van der Waals surface area contributed by atoms with E-state index in [1.807, 2.05) is 0 Å². The molecule has 0 aliphatic heterocycles. The van der Waals surface area contributed by atoms with Gasteiger partial charge >= 0.3 is 65.2 Å². The minimum Gasteiger partial charge on any atom is -0.459 e. The summed E-state index contributed by atoms with van der Waals surface area (Å²) in [6.07, 6.45) is -0.463. The van der Waals surface area contributed by atoms with Crippen molar-refractivity contribution in [3.8, 4) is 0 Å². The number of ether oxygens (including phenoxy) is 1. The summed E-state index contributed by atoms with van der Waals surface area (Å²) in [6, 6.07) is 7.38. The maximum Gasteiger partial charge on any atom is 0.385 e. The lowest BCUT2D eigenvalue weighted by Gasteiger charge is -2.45. The van der Waals surface area contributed by atoms with Gasteiger partial charge in [0, 0.05) is 4.83 Å². The summed E-state index contributed by atoms with van der Waals surface area (Å²) in [6.45, 7) is -5.30. The standard InChI is InChI=1S/C24H19BrF20O3/c1-14(2,8-12(25)11-6-4-3-5-7-11)13(47)48-10-16(28,29)18(32,33)20(36,37)22(40,41)24(44,45)23(42,43)21(38,39)19(34,35)17(30,31)15(26,27)9-46/h3-7,12,46H,8-10H2,1-2H3. The molecule has 24 heteroatoms. The number of rotatable bonds is 16. The first kappa shape index (κ1) is 43.8. The quantitative estimate of drug-likeness (QED) is 0.103. The number of aliphatic hydroxyl groups excluding tert-OH is 1. The molecule has 0 radical (unpaired) electrons. The number of alkyl halides is 21. The molecule has 0 saturated heterocycles. The van der Waals surface area contributed by atoms with Crippen molar-refractivity contribution >= 4 is 21.9 Å². The zero-order valence-electron chi connectivity index (χ0n) is 23.3. The van der Waals surface area contributed by atoms with E-state index in [0.29, 0.717) is 5.56 Å². The molecule has 1 aromatic carbocycles. The second-order valence-corrected chi connectivity index (χ2v) is 11.8. The molecule has 0 bridgehead atoms. The maximum absolute atomic E-state index is 14.2. The van der Waals surface area contributed by atoms with Gasteiger partial charge in [-0.05, 0) is 25.8 Å². The van der Waals surface area contributed by atoms with Crippen molar-refractivity contribution in [2.45, 2.75) is 84.3 Å². The van der Waals surface area contributed by atoms with E-state index < -0.39 is 95.1 Å². The van der Waals surface area contributed by atoms with Gasteiger partial charge in [-0.1, -0.05) is 46.3 Å². The third-order valence-corrected chi connectivity index (χ3v) is 7.52. The Bertz CT molecular complexity index is 1280. The Morgan fingerprint density at radius 3 is 1.25 bits per heavy atom. The van der Waals surface area contributed by atoms with Gasteiger partial charge in [-0.15, -0.1) is 0 Å². The van der Waals surface area contributed by atoms with Crippen LogP contribution in [-0.4, -0.2) is 83.5 Å². The summed E-state index contributed by atoms with van der Waals surface area (Å²) in [5.41, 5.74) is -1.63. The van der Waals surface area contributed by atoms with E-state index in [9.17, 15) is 92.6 Å². The maximum atomic E-state index is 14.2. The summed E-state index contributed by atoms with van der Waals surface area (Å²) in [4.78, 5) is 11.4. The average Bonchev–Trinajstić information content (AvgIpc) is 2.94. The Labute approximate surface area is 263 Å². The number of carbonyl (C=O) groups excluding carboxylic acids is 1. The Hall–Kier alpha value is -2.27. The molecule has 1 unspecified atom stereocenters. The average molecular weight is 815 g/mol. The molecular formula is C24H19BrF20O3. The van der Waals surface area contributed by atoms with Crippen LogP contribution in [0.1, 0.15) is 30.7 Å². The number of hydrogen-bond acceptors (Lipinski definition) is 3. The number of esters is 1. The molecule has 0 heterocycles. The van der Waals surface area contributed by atoms with Crippen LogP contribution in [0.3, 0.4) is 0 Å². The van der Waals surface area contributed by atoms with Gasteiger partial charge in [0.15, 0.2) is 6.61 Å². The number of carbonyl (C=O) groups is 1. The Kier molecular flexibility index (Phi) is 11.7. The van der Waals surface area contributed by atoms with E-state index in [-0.39, 0.29) is 0 Å². The van der Waals surface area contributed by atoms with Gasteiger partial charge in [0.2, 0.25) is 0 Å². The molecule has 0 amide bonds.